The van der Waals surface area contributed by atoms with Crippen LogP contribution in [0.25, 0.3) is 11.3 Å². The van der Waals surface area contributed by atoms with Crippen molar-refractivity contribution in [3.63, 3.8) is 0 Å². The van der Waals surface area contributed by atoms with Gasteiger partial charge in [0.25, 0.3) is 5.91 Å². The van der Waals surface area contributed by atoms with Crippen LogP contribution in [0.3, 0.4) is 0 Å². The second-order valence-electron chi connectivity index (χ2n) is 4.81. The van der Waals surface area contributed by atoms with Gasteiger partial charge in [-0.3, -0.25) is 4.79 Å². The minimum atomic E-state index is -0.235. The Morgan fingerprint density at radius 1 is 1.23 bits per heavy atom. The van der Waals surface area contributed by atoms with Gasteiger partial charge in [-0.1, -0.05) is 35.5 Å². The standard InChI is InChI=1S/C16H14N4O2/c1-11-7-14(22-20-11)10-17-16(21)13-8-15(19-18-9-13)12-5-3-2-4-6-12/h2-9H,10H2,1H3,(H,17,21). The van der Waals surface area contributed by atoms with E-state index in [-0.39, 0.29) is 12.5 Å². The Hall–Kier alpha value is -3.02. The summed E-state index contributed by atoms with van der Waals surface area (Å²) in [6, 6.07) is 13.1. The summed E-state index contributed by atoms with van der Waals surface area (Å²) in [6.07, 6.45) is 1.44. The highest BCUT2D eigenvalue weighted by atomic mass is 16.5. The van der Waals surface area contributed by atoms with Gasteiger partial charge in [-0.25, -0.2) is 0 Å². The van der Waals surface area contributed by atoms with Crippen molar-refractivity contribution in [2.24, 2.45) is 0 Å². The number of hydrogen-bond acceptors (Lipinski definition) is 5. The van der Waals surface area contributed by atoms with Gasteiger partial charge in [0.05, 0.1) is 29.7 Å². The molecule has 6 nitrogen and oxygen atoms in total. The van der Waals surface area contributed by atoms with Crippen molar-refractivity contribution in [2.45, 2.75) is 13.5 Å². The average Bonchev–Trinajstić information content (AvgIpc) is 2.99. The summed E-state index contributed by atoms with van der Waals surface area (Å²) in [5, 5.41) is 14.5. The van der Waals surface area contributed by atoms with Crippen LogP contribution in [-0.2, 0) is 6.54 Å². The summed E-state index contributed by atoms with van der Waals surface area (Å²) >= 11 is 0. The van der Waals surface area contributed by atoms with E-state index in [1.54, 1.807) is 12.1 Å². The van der Waals surface area contributed by atoms with Crippen LogP contribution in [0, 0.1) is 6.92 Å². The molecule has 1 aromatic carbocycles. The number of hydrogen-bond donors (Lipinski definition) is 1. The van der Waals surface area contributed by atoms with E-state index in [2.05, 4.69) is 20.7 Å². The molecule has 110 valence electrons. The number of aromatic nitrogens is 3. The zero-order chi connectivity index (χ0) is 15.4. The monoisotopic (exact) mass is 294 g/mol. The lowest BCUT2D eigenvalue weighted by Crippen LogP contribution is -2.22. The number of nitrogens with zero attached hydrogens (tertiary/aromatic N) is 3. The molecule has 0 saturated heterocycles. The van der Waals surface area contributed by atoms with Crippen LogP contribution in [0.4, 0.5) is 0 Å². The number of carbonyl (C=O) groups is 1. The molecule has 0 spiro atoms. The molecule has 0 radical (unpaired) electrons. The Bertz CT molecular complexity index is 784. The summed E-state index contributed by atoms with van der Waals surface area (Å²) in [5.74, 6) is 0.372. The molecule has 22 heavy (non-hydrogen) atoms. The first kappa shape index (κ1) is 13.9. The van der Waals surface area contributed by atoms with Crippen LogP contribution in [0.15, 0.2) is 53.2 Å². The third-order valence-electron chi connectivity index (χ3n) is 3.09. The Morgan fingerprint density at radius 2 is 2.05 bits per heavy atom. The topological polar surface area (TPSA) is 80.9 Å². The predicted molar refractivity (Wildman–Crippen MR) is 79.9 cm³/mol. The molecule has 0 saturated carbocycles. The molecule has 0 bridgehead atoms. The highest BCUT2D eigenvalue weighted by Crippen LogP contribution is 2.16. The molecule has 0 fully saturated rings. The van der Waals surface area contributed by atoms with Gasteiger partial charge in [-0.2, -0.15) is 10.2 Å². The Kier molecular flexibility index (Phi) is 3.91. The maximum atomic E-state index is 12.2. The van der Waals surface area contributed by atoms with Gasteiger partial charge in [0.2, 0.25) is 0 Å². The van der Waals surface area contributed by atoms with Crippen molar-refractivity contribution in [1.29, 1.82) is 0 Å². The van der Waals surface area contributed by atoms with Crippen molar-refractivity contribution in [2.75, 3.05) is 0 Å². The third kappa shape index (κ3) is 3.17. The predicted octanol–water partition coefficient (Wildman–Crippen LogP) is 2.37. The fourth-order valence-electron chi connectivity index (χ4n) is 2.01. The normalized spacial score (nSPS) is 10.4. The van der Waals surface area contributed by atoms with E-state index in [1.807, 2.05) is 37.3 Å². The summed E-state index contributed by atoms with van der Waals surface area (Å²) in [6.45, 7) is 2.11. The average molecular weight is 294 g/mol. The summed E-state index contributed by atoms with van der Waals surface area (Å²) < 4.78 is 5.05. The van der Waals surface area contributed by atoms with E-state index >= 15 is 0 Å². The first-order valence-electron chi connectivity index (χ1n) is 6.81. The number of aryl methyl sites for hydroxylation is 1. The summed E-state index contributed by atoms with van der Waals surface area (Å²) in [5.41, 5.74) is 2.80. The van der Waals surface area contributed by atoms with E-state index in [1.165, 1.54) is 6.20 Å². The van der Waals surface area contributed by atoms with Crippen LogP contribution in [0.2, 0.25) is 0 Å². The molecule has 0 aliphatic carbocycles. The Balaban J connectivity index is 1.73. The maximum Gasteiger partial charge on any atom is 0.253 e. The van der Waals surface area contributed by atoms with Crippen molar-refractivity contribution in [3.05, 3.63) is 65.7 Å². The van der Waals surface area contributed by atoms with Gasteiger partial charge in [0.1, 0.15) is 0 Å². The quantitative estimate of drug-likeness (QED) is 0.799. The van der Waals surface area contributed by atoms with Gasteiger partial charge in [0.15, 0.2) is 5.76 Å². The zero-order valence-electron chi connectivity index (χ0n) is 12.0. The van der Waals surface area contributed by atoms with Crippen LogP contribution in [0.1, 0.15) is 21.8 Å². The fraction of sp³-hybridized carbons (Fsp3) is 0.125. The molecule has 6 heteroatoms. The molecule has 3 aromatic rings. The minimum absolute atomic E-state index is 0.235. The van der Waals surface area contributed by atoms with Crippen molar-refractivity contribution >= 4 is 5.91 Å². The van der Waals surface area contributed by atoms with Gasteiger partial charge in [-0.15, -0.1) is 0 Å². The Labute approximate surface area is 127 Å². The van der Waals surface area contributed by atoms with Gasteiger partial charge in [0, 0.05) is 11.6 Å². The second-order valence-corrected chi connectivity index (χ2v) is 4.81. The van der Waals surface area contributed by atoms with Gasteiger partial charge >= 0.3 is 0 Å². The van der Waals surface area contributed by atoms with E-state index in [9.17, 15) is 4.79 Å². The maximum absolute atomic E-state index is 12.2. The molecule has 2 heterocycles. The largest absolute Gasteiger partial charge is 0.359 e. The number of nitrogens with one attached hydrogen (secondary N) is 1. The molecule has 1 N–H and O–H groups in total. The van der Waals surface area contributed by atoms with Gasteiger partial charge in [-0.05, 0) is 13.0 Å². The Morgan fingerprint density at radius 3 is 2.77 bits per heavy atom. The molecular formula is C16H14N4O2. The highest BCUT2D eigenvalue weighted by molar-refractivity contribution is 5.94. The lowest BCUT2D eigenvalue weighted by Gasteiger charge is -2.04. The zero-order valence-corrected chi connectivity index (χ0v) is 12.0. The number of carbonyl (C=O) groups excluding carboxylic acids is 1. The molecule has 0 unspecified atom stereocenters. The molecule has 1 amide bonds. The SMILES string of the molecule is Cc1cc(CNC(=O)c2cnnc(-c3ccccc3)c2)on1. The second kappa shape index (κ2) is 6.17. The van der Waals surface area contributed by atoms with Crippen molar-refractivity contribution < 1.29 is 9.32 Å². The minimum Gasteiger partial charge on any atom is -0.359 e. The van der Waals surface area contributed by atoms with Crippen molar-refractivity contribution in [3.8, 4) is 11.3 Å². The van der Waals surface area contributed by atoms with E-state index in [4.69, 9.17) is 4.52 Å². The highest BCUT2D eigenvalue weighted by Gasteiger charge is 2.10. The van der Waals surface area contributed by atoms with Crippen LogP contribution < -0.4 is 5.32 Å². The summed E-state index contributed by atoms with van der Waals surface area (Å²) in [7, 11) is 0. The molecule has 2 aromatic heterocycles. The number of rotatable bonds is 4. The first-order chi connectivity index (χ1) is 10.7. The van der Waals surface area contributed by atoms with E-state index in [0.29, 0.717) is 17.0 Å². The van der Waals surface area contributed by atoms with E-state index < -0.39 is 0 Å². The molecule has 0 aliphatic heterocycles. The van der Waals surface area contributed by atoms with Crippen molar-refractivity contribution in [1.82, 2.24) is 20.7 Å². The third-order valence-corrected chi connectivity index (χ3v) is 3.09. The molecule has 3 rings (SSSR count). The fourth-order valence-corrected chi connectivity index (χ4v) is 2.01. The van der Waals surface area contributed by atoms with Crippen LogP contribution in [-0.4, -0.2) is 21.3 Å². The lowest BCUT2D eigenvalue weighted by molar-refractivity contribution is 0.0946. The number of benzene rings is 1. The lowest BCUT2D eigenvalue weighted by atomic mass is 10.1. The first-order valence-corrected chi connectivity index (χ1v) is 6.81. The van der Waals surface area contributed by atoms with Gasteiger partial charge < -0.3 is 9.84 Å². The van der Waals surface area contributed by atoms with E-state index in [0.717, 1.165) is 11.3 Å². The molecular weight excluding hydrogens is 280 g/mol. The van der Waals surface area contributed by atoms with Crippen LogP contribution in [0.5, 0.6) is 0 Å². The number of amides is 1. The summed E-state index contributed by atoms with van der Waals surface area (Å²) in [4.78, 5) is 12.2. The smallest absolute Gasteiger partial charge is 0.253 e. The molecule has 0 atom stereocenters. The molecule has 0 aliphatic rings. The van der Waals surface area contributed by atoms with Crippen LogP contribution >= 0.6 is 0 Å².